The predicted octanol–water partition coefficient (Wildman–Crippen LogP) is 1.88. The maximum absolute atomic E-state index is 12.4. The number of rotatable bonds is 3. The van der Waals surface area contributed by atoms with Gasteiger partial charge in [0, 0.05) is 11.6 Å². The molecule has 5 nitrogen and oxygen atoms in total. The van der Waals surface area contributed by atoms with E-state index in [9.17, 15) is 13.2 Å². The average Bonchev–Trinajstić information content (AvgIpc) is 2.88. The van der Waals surface area contributed by atoms with Crippen LogP contribution in [0.2, 0.25) is 5.02 Å². The molecule has 0 heterocycles. The normalized spacial score (nSPS) is 14.5. The predicted molar refractivity (Wildman–Crippen MR) is 87.9 cm³/mol. The highest BCUT2D eigenvalue weighted by atomic mass is 35.5. The zero-order valence-corrected chi connectivity index (χ0v) is 13.7. The molecule has 0 atom stereocenters. The lowest BCUT2D eigenvalue weighted by atomic mass is 10.1. The van der Waals surface area contributed by atoms with Crippen LogP contribution in [-0.2, 0) is 22.9 Å². The second-order valence-corrected chi connectivity index (χ2v) is 7.47. The van der Waals surface area contributed by atoms with Gasteiger partial charge in [-0.3, -0.25) is 4.79 Å². The molecule has 1 aliphatic rings. The topological polar surface area (TPSA) is 89.3 Å². The van der Waals surface area contributed by atoms with Gasteiger partial charge in [0.2, 0.25) is 10.0 Å². The molecule has 0 unspecified atom stereocenters. The highest BCUT2D eigenvalue weighted by Crippen LogP contribution is 2.24. The largest absolute Gasteiger partial charge is 0.349 e. The van der Waals surface area contributed by atoms with Gasteiger partial charge in [0.15, 0.2) is 0 Å². The summed E-state index contributed by atoms with van der Waals surface area (Å²) in [4.78, 5) is 12.1. The molecule has 0 aliphatic heterocycles. The minimum Gasteiger partial charge on any atom is -0.349 e. The maximum Gasteiger partial charge on any atom is 0.251 e. The number of primary sulfonamides is 1. The van der Waals surface area contributed by atoms with Crippen molar-refractivity contribution in [3.05, 3.63) is 64.2 Å². The molecule has 0 fully saturated rings. The van der Waals surface area contributed by atoms with Crippen LogP contribution in [0.4, 0.5) is 0 Å². The van der Waals surface area contributed by atoms with Crippen LogP contribution in [0.5, 0.6) is 0 Å². The molecule has 1 aliphatic carbocycles. The van der Waals surface area contributed by atoms with Gasteiger partial charge < -0.3 is 5.32 Å². The molecule has 0 radical (unpaired) electrons. The Bertz CT molecular complexity index is 856. The van der Waals surface area contributed by atoms with Crippen molar-refractivity contribution < 1.29 is 13.2 Å². The number of sulfonamides is 1. The summed E-state index contributed by atoms with van der Waals surface area (Å²) in [5.41, 5.74) is 2.66. The summed E-state index contributed by atoms with van der Waals surface area (Å²) in [6.07, 6.45) is 1.52. The van der Waals surface area contributed by atoms with Crippen LogP contribution in [0.3, 0.4) is 0 Å². The van der Waals surface area contributed by atoms with Gasteiger partial charge in [-0.05, 0) is 42.2 Å². The number of benzene rings is 2. The smallest absolute Gasteiger partial charge is 0.251 e. The van der Waals surface area contributed by atoms with E-state index in [1.165, 1.54) is 29.3 Å². The van der Waals surface area contributed by atoms with Crippen molar-refractivity contribution in [2.45, 2.75) is 23.8 Å². The van der Waals surface area contributed by atoms with Gasteiger partial charge >= 0.3 is 0 Å². The Kier molecular flexibility index (Phi) is 4.14. The molecular formula is C16H15ClN2O3S. The standard InChI is InChI=1S/C16H15ClN2O3S/c17-14-6-5-12(9-15(14)23(18,21)22)16(20)19-13-7-10-3-1-2-4-11(10)8-13/h1-6,9,13H,7-8H2,(H,19,20)(H2,18,21,22). The molecule has 0 bridgehead atoms. The van der Waals surface area contributed by atoms with Crippen molar-refractivity contribution in [1.29, 1.82) is 0 Å². The lowest BCUT2D eigenvalue weighted by Crippen LogP contribution is -2.35. The first-order valence-corrected chi connectivity index (χ1v) is 8.97. The molecule has 0 spiro atoms. The van der Waals surface area contributed by atoms with Gasteiger partial charge in [0.05, 0.1) is 5.02 Å². The number of amides is 1. The summed E-state index contributed by atoms with van der Waals surface area (Å²) in [5, 5.41) is 8.02. The Balaban J connectivity index is 1.78. The fourth-order valence-corrected chi connectivity index (χ4v) is 3.86. The first-order chi connectivity index (χ1) is 10.8. The van der Waals surface area contributed by atoms with Crippen LogP contribution in [0.25, 0.3) is 0 Å². The van der Waals surface area contributed by atoms with Crippen molar-refractivity contribution in [2.75, 3.05) is 0 Å². The van der Waals surface area contributed by atoms with Crippen LogP contribution in [-0.4, -0.2) is 20.4 Å². The summed E-state index contributed by atoms with van der Waals surface area (Å²) in [5.74, 6) is -0.343. The van der Waals surface area contributed by atoms with Gasteiger partial charge in [-0.2, -0.15) is 0 Å². The number of hydrogen-bond donors (Lipinski definition) is 2. The van der Waals surface area contributed by atoms with Crippen LogP contribution < -0.4 is 10.5 Å². The summed E-state index contributed by atoms with van der Waals surface area (Å²) in [6, 6.07) is 12.1. The van der Waals surface area contributed by atoms with Crippen molar-refractivity contribution in [3.8, 4) is 0 Å². The lowest BCUT2D eigenvalue weighted by molar-refractivity contribution is 0.0938. The summed E-state index contributed by atoms with van der Waals surface area (Å²) in [6.45, 7) is 0. The third kappa shape index (κ3) is 3.39. The first kappa shape index (κ1) is 16.0. The van der Waals surface area contributed by atoms with E-state index in [2.05, 4.69) is 5.32 Å². The lowest BCUT2D eigenvalue weighted by Gasteiger charge is -2.13. The Labute approximate surface area is 139 Å². The number of halogens is 1. The Morgan fingerprint density at radius 1 is 1.13 bits per heavy atom. The molecule has 7 heteroatoms. The highest BCUT2D eigenvalue weighted by molar-refractivity contribution is 7.89. The van der Waals surface area contributed by atoms with Gasteiger partial charge in [-0.1, -0.05) is 35.9 Å². The Morgan fingerprint density at radius 3 is 2.30 bits per heavy atom. The van der Waals surface area contributed by atoms with E-state index in [0.717, 1.165) is 12.8 Å². The van der Waals surface area contributed by atoms with Gasteiger partial charge in [-0.15, -0.1) is 0 Å². The van der Waals surface area contributed by atoms with E-state index in [4.69, 9.17) is 16.7 Å². The molecule has 0 saturated carbocycles. The Hall–Kier alpha value is -1.89. The number of nitrogens with one attached hydrogen (secondary N) is 1. The van der Waals surface area contributed by atoms with E-state index >= 15 is 0 Å². The number of fused-ring (bicyclic) bond motifs is 1. The number of nitrogens with two attached hydrogens (primary N) is 1. The third-order valence-corrected chi connectivity index (χ3v) is 5.28. The molecule has 2 aromatic carbocycles. The molecule has 0 aromatic heterocycles. The second-order valence-electron chi connectivity index (χ2n) is 5.54. The summed E-state index contributed by atoms with van der Waals surface area (Å²) < 4.78 is 23.0. The van der Waals surface area contributed by atoms with Crippen molar-refractivity contribution in [3.63, 3.8) is 0 Å². The molecule has 2 aromatic rings. The fourth-order valence-electron chi connectivity index (χ4n) is 2.79. The number of hydrogen-bond acceptors (Lipinski definition) is 3. The fraction of sp³-hybridized carbons (Fsp3) is 0.188. The first-order valence-electron chi connectivity index (χ1n) is 7.04. The minimum absolute atomic E-state index is 0.00248. The van der Waals surface area contributed by atoms with E-state index in [0.29, 0.717) is 0 Å². The number of carbonyl (C=O) groups is 1. The van der Waals surface area contributed by atoms with Crippen molar-refractivity contribution >= 4 is 27.5 Å². The van der Waals surface area contributed by atoms with Crippen LogP contribution in [0, 0.1) is 0 Å². The summed E-state index contributed by atoms with van der Waals surface area (Å²) >= 11 is 5.83. The van der Waals surface area contributed by atoms with Gasteiger partial charge in [-0.25, -0.2) is 13.6 Å². The average molecular weight is 351 g/mol. The second kappa shape index (κ2) is 5.96. The molecule has 120 valence electrons. The van der Waals surface area contributed by atoms with E-state index in [1.54, 1.807) is 0 Å². The summed E-state index contributed by atoms with van der Waals surface area (Å²) in [7, 11) is -3.97. The molecule has 3 rings (SSSR count). The van der Waals surface area contributed by atoms with Crippen molar-refractivity contribution in [2.24, 2.45) is 5.14 Å². The third-order valence-electron chi connectivity index (χ3n) is 3.89. The highest BCUT2D eigenvalue weighted by Gasteiger charge is 2.23. The minimum atomic E-state index is -3.97. The van der Waals surface area contributed by atoms with E-state index in [-0.39, 0.29) is 27.4 Å². The zero-order chi connectivity index (χ0) is 16.6. The zero-order valence-electron chi connectivity index (χ0n) is 12.1. The molecule has 3 N–H and O–H groups in total. The SMILES string of the molecule is NS(=O)(=O)c1cc(C(=O)NC2Cc3ccccc3C2)ccc1Cl. The van der Waals surface area contributed by atoms with Gasteiger partial charge in [0.1, 0.15) is 4.90 Å². The molecule has 0 saturated heterocycles. The maximum atomic E-state index is 12.4. The monoisotopic (exact) mass is 350 g/mol. The van der Waals surface area contributed by atoms with Crippen molar-refractivity contribution in [1.82, 2.24) is 5.32 Å². The van der Waals surface area contributed by atoms with Crippen LogP contribution >= 0.6 is 11.6 Å². The Morgan fingerprint density at radius 2 is 1.74 bits per heavy atom. The van der Waals surface area contributed by atoms with E-state index in [1.807, 2.05) is 24.3 Å². The van der Waals surface area contributed by atoms with Crippen LogP contribution in [0.15, 0.2) is 47.4 Å². The van der Waals surface area contributed by atoms with Crippen LogP contribution in [0.1, 0.15) is 21.5 Å². The quantitative estimate of drug-likeness (QED) is 0.885. The molecule has 1 amide bonds. The van der Waals surface area contributed by atoms with E-state index < -0.39 is 10.0 Å². The van der Waals surface area contributed by atoms with Gasteiger partial charge in [0.25, 0.3) is 5.91 Å². The number of carbonyl (C=O) groups excluding carboxylic acids is 1. The molecular weight excluding hydrogens is 336 g/mol. The molecule has 23 heavy (non-hydrogen) atoms.